The van der Waals surface area contributed by atoms with Gasteiger partial charge in [0.15, 0.2) is 0 Å². The summed E-state index contributed by atoms with van der Waals surface area (Å²) in [5, 5.41) is 3.94. The average Bonchev–Trinajstić information content (AvgIpc) is 2.99. The smallest absolute Gasteiger partial charge is 0.353 e. The van der Waals surface area contributed by atoms with Gasteiger partial charge in [0.05, 0.1) is 34.3 Å². The molecule has 1 aliphatic rings. The van der Waals surface area contributed by atoms with Crippen LogP contribution >= 0.6 is 23.2 Å². The van der Waals surface area contributed by atoms with Gasteiger partial charge in [-0.15, -0.1) is 0 Å². The molecule has 2 heterocycles. The lowest BCUT2D eigenvalue weighted by Crippen LogP contribution is -2.37. The standard InChI is InChI=1S/C18H14Cl2F2N2O3/c1-3-26-17(25)18(2)7-15(24-27-18)10-5-11(14(22)6-12(10)19)16-13(20)4-9(21)8-23-16/h4-6,8H,3,7H2,1-2H3. The van der Waals surface area contributed by atoms with Crippen LogP contribution in [0.25, 0.3) is 11.3 Å². The van der Waals surface area contributed by atoms with E-state index in [1.807, 2.05) is 0 Å². The van der Waals surface area contributed by atoms with E-state index in [9.17, 15) is 13.6 Å². The molecule has 1 atom stereocenters. The van der Waals surface area contributed by atoms with E-state index in [2.05, 4.69) is 10.1 Å². The first-order valence-electron chi connectivity index (χ1n) is 7.98. The molecule has 0 fully saturated rings. The number of pyridine rings is 1. The van der Waals surface area contributed by atoms with Crippen LogP contribution in [0.2, 0.25) is 10.0 Å². The molecule has 0 aliphatic carbocycles. The summed E-state index contributed by atoms with van der Waals surface area (Å²) in [6, 6.07) is 3.50. The lowest BCUT2D eigenvalue weighted by molar-refractivity contribution is -0.166. The van der Waals surface area contributed by atoms with E-state index in [-0.39, 0.29) is 34.3 Å². The van der Waals surface area contributed by atoms with Crippen LogP contribution in [0, 0.1) is 11.6 Å². The Bertz CT molecular complexity index is 952. The van der Waals surface area contributed by atoms with Crippen LogP contribution in [-0.4, -0.2) is 28.9 Å². The van der Waals surface area contributed by atoms with Crippen molar-refractivity contribution in [2.24, 2.45) is 5.16 Å². The van der Waals surface area contributed by atoms with Crippen molar-refractivity contribution in [3.8, 4) is 11.3 Å². The Morgan fingerprint density at radius 2 is 2.00 bits per heavy atom. The fourth-order valence-corrected chi connectivity index (χ4v) is 3.16. The van der Waals surface area contributed by atoms with Gasteiger partial charge in [0.1, 0.15) is 11.6 Å². The largest absolute Gasteiger partial charge is 0.463 e. The van der Waals surface area contributed by atoms with Gasteiger partial charge in [-0.3, -0.25) is 4.98 Å². The number of rotatable bonds is 4. The highest BCUT2D eigenvalue weighted by molar-refractivity contribution is 6.35. The summed E-state index contributed by atoms with van der Waals surface area (Å²) in [5.41, 5.74) is -0.527. The Morgan fingerprint density at radius 1 is 1.26 bits per heavy atom. The van der Waals surface area contributed by atoms with Crippen LogP contribution in [0.15, 0.2) is 29.6 Å². The van der Waals surface area contributed by atoms with E-state index >= 15 is 0 Å². The second-order valence-electron chi connectivity index (χ2n) is 6.05. The van der Waals surface area contributed by atoms with E-state index in [4.69, 9.17) is 32.8 Å². The zero-order valence-electron chi connectivity index (χ0n) is 14.4. The number of hydrogen-bond donors (Lipinski definition) is 0. The first-order valence-corrected chi connectivity index (χ1v) is 8.74. The van der Waals surface area contributed by atoms with Crippen LogP contribution in [0.1, 0.15) is 25.8 Å². The SMILES string of the molecule is CCOC(=O)C1(C)CC(c2cc(-c3ncc(F)cc3Cl)c(F)cc2Cl)=NO1. The van der Waals surface area contributed by atoms with Crippen molar-refractivity contribution in [2.75, 3.05) is 6.61 Å². The minimum Gasteiger partial charge on any atom is -0.463 e. The molecule has 0 amide bonds. The number of aromatic nitrogens is 1. The Labute approximate surface area is 163 Å². The maximum absolute atomic E-state index is 14.4. The average molecular weight is 415 g/mol. The number of nitrogens with zero attached hydrogens (tertiary/aromatic N) is 2. The zero-order valence-corrected chi connectivity index (χ0v) is 15.9. The molecule has 142 valence electrons. The van der Waals surface area contributed by atoms with E-state index in [1.54, 1.807) is 6.92 Å². The molecular weight excluding hydrogens is 401 g/mol. The number of hydrogen-bond acceptors (Lipinski definition) is 5. The van der Waals surface area contributed by atoms with E-state index in [0.29, 0.717) is 11.3 Å². The fraction of sp³-hybridized carbons (Fsp3) is 0.278. The Hall–Kier alpha value is -2.25. The quantitative estimate of drug-likeness (QED) is 0.675. The molecule has 0 spiro atoms. The summed E-state index contributed by atoms with van der Waals surface area (Å²) in [6.45, 7) is 3.42. The Balaban J connectivity index is 1.99. The molecule has 1 aromatic heterocycles. The lowest BCUT2D eigenvalue weighted by atomic mass is 9.94. The van der Waals surface area contributed by atoms with Crippen LogP contribution < -0.4 is 0 Å². The molecule has 9 heteroatoms. The van der Waals surface area contributed by atoms with Crippen molar-refractivity contribution >= 4 is 34.9 Å². The third kappa shape index (κ3) is 3.75. The highest BCUT2D eigenvalue weighted by Gasteiger charge is 2.44. The molecule has 1 aromatic carbocycles. The molecule has 3 rings (SSSR count). The van der Waals surface area contributed by atoms with Gasteiger partial charge in [-0.05, 0) is 32.0 Å². The van der Waals surface area contributed by atoms with Crippen molar-refractivity contribution in [3.63, 3.8) is 0 Å². The topological polar surface area (TPSA) is 60.8 Å². The summed E-state index contributed by atoms with van der Waals surface area (Å²) in [5.74, 6) is -1.89. The highest BCUT2D eigenvalue weighted by Crippen LogP contribution is 2.35. The normalized spacial score (nSPS) is 18.8. The first kappa shape index (κ1) is 19.5. The second-order valence-corrected chi connectivity index (χ2v) is 6.87. The summed E-state index contributed by atoms with van der Waals surface area (Å²) in [4.78, 5) is 21.2. The molecule has 27 heavy (non-hydrogen) atoms. The molecule has 2 aromatic rings. The summed E-state index contributed by atoms with van der Waals surface area (Å²) in [6.07, 6.45) is 1.02. The molecule has 0 N–H and O–H groups in total. The summed E-state index contributed by atoms with van der Waals surface area (Å²) < 4.78 is 32.7. The summed E-state index contributed by atoms with van der Waals surface area (Å²) >= 11 is 12.2. The predicted octanol–water partition coefficient (Wildman–Crippen LogP) is 4.78. The fourth-order valence-electron chi connectivity index (χ4n) is 2.64. The minimum atomic E-state index is -1.30. The van der Waals surface area contributed by atoms with Crippen molar-refractivity contribution in [3.05, 3.63) is 51.6 Å². The lowest BCUT2D eigenvalue weighted by Gasteiger charge is -2.18. The molecule has 5 nitrogen and oxygen atoms in total. The van der Waals surface area contributed by atoms with Crippen molar-refractivity contribution in [1.82, 2.24) is 4.98 Å². The number of carbonyl (C=O) groups is 1. The second kappa shape index (κ2) is 7.40. The predicted molar refractivity (Wildman–Crippen MR) is 96.9 cm³/mol. The van der Waals surface area contributed by atoms with Gasteiger partial charge >= 0.3 is 5.97 Å². The van der Waals surface area contributed by atoms with Gasteiger partial charge in [0.2, 0.25) is 5.60 Å². The van der Waals surface area contributed by atoms with Crippen molar-refractivity contribution in [1.29, 1.82) is 0 Å². The highest BCUT2D eigenvalue weighted by atomic mass is 35.5. The third-order valence-electron chi connectivity index (χ3n) is 4.00. The van der Waals surface area contributed by atoms with Gasteiger partial charge in [-0.25, -0.2) is 13.6 Å². The van der Waals surface area contributed by atoms with Gasteiger partial charge in [-0.2, -0.15) is 0 Å². The van der Waals surface area contributed by atoms with Crippen LogP contribution in [0.4, 0.5) is 8.78 Å². The number of oxime groups is 1. The maximum atomic E-state index is 14.4. The molecule has 1 unspecified atom stereocenters. The molecule has 0 saturated carbocycles. The number of carbonyl (C=O) groups excluding carboxylic acids is 1. The molecule has 0 bridgehead atoms. The van der Waals surface area contributed by atoms with Crippen LogP contribution in [-0.2, 0) is 14.4 Å². The third-order valence-corrected chi connectivity index (χ3v) is 4.60. The number of esters is 1. The summed E-state index contributed by atoms with van der Waals surface area (Å²) in [7, 11) is 0. The molecule has 1 aliphatic heterocycles. The van der Waals surface area contributed by atoms with Gasteiger partial charge in [0, 0.05) is 17.5 Å². The Kier molecular flexibility index (Phi) is 5.35. The number of ether oxygens (including phenoxy) is 1. The molecular formula is C18H14Cl2F2N2O3. The number of halogens is 4. The van der Waals surface area contributed by atoms with Gasteiger partial charge in [-0.1, -0.05) is 28.4 Å². The van der Waals surface area contributed by atoms with Crippen LogP contribution in [0.5, 0.6) is 0 Å². The first-order chi connectivity index (χ1) is 12.7. The van der Waals surface area contributed by atoms with E-state index in [1.165, 1.54) is 13.0 Å². The van der Waals surface area contributed by atoms with Crippen LogP contribution in [0.3, 0.4) is 0 Å². The van der Waals surface area contributed by atoms with Gasteiger partial charge < -0.3 is 9.57 Å². The van der Waals surface area contributed by atoms with Crippen molar-refractivity contribution < 1.29 is 23.1 Å². The zero-order chi connectivity index (χ0) is 19.8. The van der Waals surface area contributed by atoms with Crippen molar-refractivity contribution in [2.45, 2.75) is 25.9 Å². The molecule has 0 saturated heterocycles. The van der Waals surface area contributed by atoms with Gasteiger partial charge in [0.25, 0.3) is 0 Å². The maximum Gasteiger partial charge on any atom is 0.353 e. The number of benzene rings is 1. The minimum absolute atomic E-state index is 0.0202. The molecule has 0 radical (unpaired) electrons. The van der Waals surface area contributed by atoms with E-state index < -0.39 is 23.2 Å². The Morgan fingerprint density at radius 3 is 2.67 bits per heavy atom. The monoisotopic (exact) mass is 414 g/mol. The van der Waals surface area contributed by atoms with E-state index in [0.717, 1.165) is 18.3 Å².